The molecule has 1 aliphatic heterocycles. The van der Waals surface area contributed by atoms with Crippen LogP contribution in [0.3, 0.4) is 0 Å². The van der Waals surface area contributed by atoms with Crippen LogP contribution >= 0.6 is 15.9 Å². The number of hydrogen-bond acceptors (Lipinski definition) is 2. The molecule has 0 aromatic heterocycles. The van der Waals surface area contributed by atoms with Gasteiger partial charge in [0, 0.05) is 48.7 Å². The molecule has 0 amide bonds. The Morgan fingerprint density at radius 1 is 1.08 bits per heavy atom. The van der Waals surface area contributed by atoms with Gasteiger partial charge < -0.3 is 15.5 Å². The van der Waals surface area contributed by atoms with Gasteiger partial charge in [0.15, 0.2) is 5.96 Å². The highest BCUT2D eigenvalue weighted by atomic mass is 79.9. The van der Waals surface area contributed by atoms with Crippen molar-refractivity contribution >= 4 is 21.9 Å². The van der Waals surface area contributed by atoms with Gasteiger partial charge in [-0.2, -0.15) is 0 Å². The predicted molar refractivity (Wildman–Crippen MR) is 103 cm³/mol. The van der Waals surface area contributed by atoms with E-state index in [0.717, 1.165) is 16.5 Å². The first-order valence-corrected chi connectivity index (χ1v) is 10.0. The molecule has 1 saturated heterocycles. The van der Waals surface area contributed by atoms with Crippen LogP contribution in [-0.2, 0) is 0 Å². The fraction of sp³-hybridized carbons (Fsp3) is 0.632. The molecule has 24 heavy (non-hydrogen) atoms. The van der Waals surface area contributed by atoms with Crippen molar-refractivity contribution in [3.05, 3.63) is 34.3 Å². The van der Waals surface area contributed by atoms with Gasteiger partial charge in [-0.3, -0.25) is 4.99 Å². The number of benzene rings is 1. The molecule has 1 aromatic rings. The van der Waals surface area contributed by atoms with Crippen LogP contribution < -0.4 is 10.6 Å². The van der Waals surface area contributed by atoms with E-state index in [-0.39, 0.29) is 0 Å². The maximum Gasteiger partial charge on any atom is 0.191 e. The Bertz CT molecular complexity index is 588. The maximum absolute atomic E-state index is 4.44. The quantitative estimate of drug-likeness (QED) is 0.612. The monoisotopic (exact) mass is 390 g/mol. The number of nitrogens with one attached hydrogen (secondary N) is 2. The smallest absolute Gasteiger partial charge is 0.191 e. The second-order valence-electron chi connectivity index (χ2n) is 7.40. The molecule has 4 rings (SSSR count). The third-order valence-electron chi connectivity index (χ3n) is 5.57. The lowest BCUT2D eigenvalue weighted by atomic mass is 10.1. The summed E-state index contributed by atoms with van der Waals surface area (Å²) in [6.45, 7) is 2.48. The molecule has 1 heterocycles. The Balaban J connectivity index is 1.24. The molecular weight excluding hydrogens is 364 g/mol. The molecule has 5 heteroatoms. The average Bonchev–Trinajstić information content (AvgIpc) is 3.50. The number of rotatable bonds is 4. The van der Waals surface area contributed by atoms with Crippen molar-refractivity contribution in [2.24, 2.45) is 4.99 Å². The molecule has 130 valence electrons. The molecule has 2 unspecified atom stereocenters. The minimum absolute atomic E-state index is 0.518. The summed E-state index contributed by atoms with van der Waals surface area (Å²) in [5.74, 6) is 1.60. The van der Waals surface area contributed by atoms with Crippen LogP contribution in [0.15, 0.2) is 33.7 Å². The second-order valence-corrected chi connectivity index (χ2v) is 8.32. The summed E-state index contributed by atoms with van der Waals surface area (Å²) < 4.78 is 1.14. The summed E-state index contributed by atoms with van der Waals surface area (Å²) in [6, 6.07) is 10.7. The second kappa shape index (κ2) is 7.04. The highest BCUT2D eigenvalue weighted by molar-refractivity contribution is 9.10. The van der Waals surface area contributed by atoms with Crippen LogP contribution in [0.4, 0.5) is 0 Å². The van der Waals surface area contributed by atoms with Crippen LogP contribution in [0, 0.1) is 0 Å². The summed E-state index contributed by atoms with van der Waals surface area (Å²) in [6.07, 6.45) is 6.50. The van der Waals surface area contributed by atoms with Gasteiger partial charge in [-0.1, -0.05) is 28.1 Å². The van der Waals surface area contributed by atoms with Gasteiger partial charge in [0.2, 0.25) is 0 Å². The molecule has 3 fully saturated rings. The summed E-state index contributed by atoms with van der Waals surface area (Å²) >= 11 is 3.51. The highest BCUT2D eigenvalue weighted by Gasteiger charge is 2.39. The minimum atomic E-state index is 0.518. The van der Waals surface area contributed by atoms with Gasteiger partial charge >= 0.3 is 0 Å². The summed E-state index contributed by atoms with van der Waals surface area (Å²) in [5.41, 5.74) is 1.42. The van der Waals surface area contributed by atoms with E-state index in [4.69, 9.17) is 0 Å². The van der Waals surface area contributed by atoms with Gasteiger partial charge in [0.05, 0.1) is 0 Å². The molecule has 3 aliphatic rings. The molecule has 2 atom stereocenters. The predicted octanol–water partition coefficient (Wildman–Crippen LogP) is 3.10. The summed E-state index contributed by atoms with van der Waals surface area (Å²) in [4.78, 5) is 7.11. The zero-order valence-corrected chi connectivity index (χ0v) is 15.9. The minimum Gasteiger partial charge on any atom is -0.354 e. The number of likely N-dealkylation sites (tertiary alicyclic amines) is 1. The zero-order valence-electron chi connectivity index (χ0n) is 14.3. The van der Waals surface area contributed by atoms with Crippen LogP contribution in [0.25, 0.3) is 0 Å². The molecule has 4 nitrogen and oxygen atoms in total. The first-order chi connectivity index (χ1) is 11.7. The summed E-state index contributed by atoms with van der Waals surface area (Å²) in [5, 5.41) is 7.25. The fourth-order valence-electron chi connectivity index (χ4n) is 3.82. The largest absolute Gasteiger partial charge is 0.354 e. The number of aliphatic imine (C=N–C) groups is 1. The van der Waals surface area contributed by atoms with Crippen molar-refractivity contribution < 1.29 is 0 Å². The lowest BCUT2D eigenvalue weighted by Crippen LogP contribution is -2.49. The Kier molecular flexibility index (Phi) is 4.81. The standard InChI is InChI=1S/C19H27BrN4/c1-21-19(22-15-8-10-24(11-9-15)16-6-7-16)23-18-12-17(18)13-2-4-14(20)5-3-13/h2-5,15-18H,6-12H2,1H3,(H2,21,22,23). The SMILES string of the molecule is CN=C(NC1CCN(C2CC2)CC1)NC1CC1c1ccc(Br)cc1. The lowest BCUT2D eigenvalue weighted by Gasteiger charge is -2.33. The van der Waals surface area contributed by atoms with Gasteiger partial charge in [-0.15, -0.1) is 0 Å². The Morgan fingerprint density at radius 2 is 1.79 bits per heavy atom. The first kappa shape index (κ1) is 16.4. The topological polar surface area (TPSA) is 39.7 Å². The Hall–Kier alpha value is -1.07. The van der Waals surface area contributed by atoms with Gasteiger partial charge in [-0.25, -0.2) is 0 Å². The first-order valence-electron chi connectivity index (χ1n) is 9.22. The molecule has 0 spiro atoms. The maximum atomic E-state index is 4.44. The van der Waals surface area contributed by atoms with E-state index in [1.54, 1.807) is 0 Å². The van der Waals surface area contributed by atoms with Crippen molar-refractivity contribution in [1.29, 1.82) is 0 Å². The van der Waals surface area contributed by atoms with Crippen LogP contribution in [-0.4, -0.2) is 49.1 Å². The van der Waals surface area contributed by atoms with E-state index < -0.39 is 0 Å². The van der Waals surface area contributed by atoms with Gasteiger partial charge in [0.1, 0.15) is 0 Å². The Labute approximate surface area is 153 Å². The molecule has 0 bridgehead atoms. The molecule has 2 aliphatic carbocycles. The van der Waals surface area contributed by atoms with E-state index >= 15 is 0 Å². The number of guanidine groups is 1. The highest BCUT2D eigenvalue weighted by Crippen LogP contribution is 2.41. The third kappa shape index (κ3) is 3.94. The van der Waals surface area contributed by atoms with E-state index in [0.29, 0.717) is 18.0 Å². The van der Waals surface area contributed by atoms with Crippen molar-refractivity contribution in [2.75, 3.05) is 20.1 Å². The number of piperidine rings is 1. The molecule has 1 aromatic carbocycles. The molecule has 2 N–H and O–H groups in total. The fourth-order valence-corrected chi connectivity index (χ4v) is 4.09. The third-order valence-corrected chi connectivity index (χ3v) is 6.10. The van der Waals surface area contributed by atoms with Gasteiger partial charge in [-0.05, 0) is 49.8 Å². The number of nitrogens with zero attached hydrogens (tertiary/aromatic N) is 2. The summed E-state index contributed by atoms with van der Waals surface area (Å²) in [7, 11) is 1.88. The normalized spacial score (nSPS) is 28.7. The van der Waals surface area contributed by atoms with Crippen molar-refractivity contribution in [1.82, 2.24) is 15.5 Å². The van der Waals surface area contributed by atoms with Crippen LogP contribution in [0.5, 0.6) is 0 Å². The van der Waals surface area contributed by atoms with Crippen molar-refractivity contribution in [3.63, 3.8) is 0 Å². The van der Waals surface area contributed by atoms with Gasteiger partial charge in [0.25, 0.3) is 0 Å². The van der Waals surface area contributed by atoms with Crippen LogP contribution in [0.2, 0.25) is 0 Å². The Morgan fingerprint density at radius 3 is 2.42 bits per heavy atom. The molecule has 2 saturated carbocycles. The van der Waals surface area contributed by atoms with E-state index in [9.17, 15) is 0 Å². The molecule has 0 radical (unpaired) electrons. The van der Waals surface area contributed by atoms with E-state index in [1.165, 1.54) is 50.8 Å². The zero-order chi connectivity index (χ0) is 16.5. The number of hydrogen-bond donors (Lipinski definition) is 2. The van der Waals surface area contributed by atoms with Crippen molar-refractivity contribution in [3.8, 4) is 0 Å². The lowest BCUT2D eigenvalue weighted by molar-refractivity contribution is 0.197. The van der Waals surface area contributed by atoms with E-state index in [1.807, 2.05) is 7.05 Å². The molecular formula is C19H27BrN4. The van der Waals surface area contributed by atoms with Crippen LogP contribution in [0.1, 0.15) is 43.6 Å². The van der Waals surface area contributed by atoms with Crippen molar-refractivity contribution in [2.45, 2.75) is 56.1 Å². The average molecular weight is 391 g/mol. The van der Waals surface area contributed by atoms with E-state index in [2.05, 4.69) is 60.7 Å². The number of halogens is 1.